The number of ether oxygens (including phenoxy) is 3. The molecule has 0 unspecified atom stereocenters. The number of nitro benzene ring substituents is 1. The fourth-order valence-electron chi connectivity index (χ4n) is 3.39. The van der Waals surface area contributed by atoms with Crippen LogP contribution in [0, 0.1) is 10.1 Å². The van der Waals surface area contributed by atoms with E-state index in [0.717, 1.165) is 0 Å². The second kappa shape index (κ2) is 10.4. The van der Waals surface area contributed by atoms with Crippen molar-refractivity contribution in [2.45, 2.75) is 26.4 Å². The van der Waals surface area contributed by atoms with E-state index in [0.29, 0.717) is 49.1 Å². The Labute approximate surface area is 197 Å². The number of nitro groups is 1. The van der Waals surface area contributed by atoms with E-state index >= 15 is 0 Å². The fraction of sp³-hybridized carbons (Fsp3) is 0.391. The summed E-state index contributed by atoms with van der Waals surface area (Å²) >= 11 is 0. The van der Waals surface area contributed by atoms with Crippen molar-refractivity contribution in [1.29, 1.82) is 0 Å². The van der Waals surface area contributed by atoms with Gasteiger partial charge in [-0.15, -0.1) is 0 Å². The molecular weight excluding hydrogens is 444 g/mol. The molecule has 0 radical (unpaired) electrons. The summed E-state index contributed by atoms with van der Waals surface area (Å²) in [4.78, 5) is 38.1. The van der Waals surface area contributed by atoms with Crippen LogP contribution in [-0.2, 0) is 9.47 Å². The van der Waals surface area contributed by atoms with Gasteiger partial charge in [-0.25, -0.2) is 4.79 Å². The average molecular weight is 472 g/mol. The van der Waals surface area contributed by atoms with Crippen LogP contribution in [0.3, 0.4) is 0 Å². The third-order valence-corrected chi connectivity index (χ3v) is 4.88. The lowest BCUT2D eigenvalue weighted by Gasteiger charge is -2.30. The maximum atomic E-state index is 13.2. The van der Waals surface area contributed by atoms with E-state index in [9.17, 15) is 19.7 Å². The highest BCUT2D eigenvalue weighted by Crippen LogP contribution is 2.31. The third kappa shape index (κ3) is 6.35. The molecule has 0 bridgehead atoms. The van der Waals surface area contributed by atoms with Gasteiger partial charge in [-0.05, 0) is 45.0 Å². The van der Waals surface area contributed by atoms with Crippen molar-refractivity contribution in [3.8, 4) is 5.75 Å². The number of nitrogens with one attached hydrogen (secondary N) is 2. The van der Waals surface area contributed by atoms with Crippen LogP contribution in [0.5, 0.6) is 5.75 Å². The molecule has 11 heteroatoms. The standard InChI is InChI=1S/C23H28N4O7/c1-23(2,3)34-22(29)25-18-13-15(5-8-20(18)32-4)24-21(28)17-14-16(27(30)31)6-7-19(17)26-9-11-33-12-10-26/h5-8,13-14H,9-12H2,1-4H3,(H,24,28)(H,25,29). The van der Waals surface area contributed by atoms with Gasteiger partial charge in [-0.3, -0.25) is 20.2 Å². The minimum absolute atomic E-state index is 0.161. The Bertz CT molecular complexity index is 1080. The number of nitrogens with zero attached hydrogens (tertiary/aromatic N) is 2. The number of morpholine rings is 1. The zero-order chi connectivity index (χ0) is 24.9. The van der Waals surface area contributed by atoms with Crippen LogP contribution in [0.15, 0.2) is 36.4 Å². The number of methoxy groups -OCH3 is 1. The number of hydrogen-bond donors (Lipinski definition) is 2. The Hall–Kier alpha value is -3.86. The first-order valence-corrected chi connectivity index (χ1v) is 10.7. The number of amides is 2. The lowest BCUT2D eigenvalue weighted by molar-refractivity contribution is -0.384. The molecule has 1 saturated heterocycles. The Morgan fingerprint density at radius 1 is 1.09 bits per heavy atom. The summed E-state index contributed by atoms with van der Waals surface area (Å²) in [5, 5.41) is 16.7. The Morgan fingerprint density at radius 2 is 1.79 bits per heavy atom. The lowest BCUT2D eigenvalue weighted by Crippen LogP contribution is -2.37. The number of rotatable bonds is 6. The highest BCUT2D eigenvalue weighted by molar-refractivity contribution is 6.09. The van der Waals surface area contributed by atoms with Crippen molar-refractivity contribution in [1.82, 2.24) is 0 Å². The first kappa shape index (κ1) is 24.8. The number of anilines is 3. The summed E-state index contributed by atoms with van der Waals surface area (Å²) in [5.74, 6) is -0.160. The van der Waals surface area contributed by atoms with Crippen LogP contribution in [0.2, 0.25) is 0 Å². The Balaban J connectivity index is 1.88. The van der Waals surface area contributed by atoms with E-state index in [1.165, 1.54) is 25.3 Å². The number of carbonyl (C=O) groups excluding carboxylic acids is 2. The molecule has 2 amide bonds. The summed E-state index contributed by atoms with van der Waals surface area (Å²) in [5.41, 5.74) is 0.504. The summed E-state index contributed by atoms with van der Waals surface area (Å²) in [6, 6.07) is 8.90. The average Bonchev–Trinajstić information content (AvgIpc) is 2.78. The monoisotopic (exact) mass is 472 g/mol. The van der Waals surface area contributed by atoms with Gasteiger partial charge in [0.05, 0.1) is 42.2 Å². The van der Waals surface area contributed by atoms with Gasteiger partial charge in [0.15, 0.2) is 0 Å². The third-order valence-electron chi connectivity index (χ3n) is 4.88. The first-order chi connectivity index (χ1) is 16.1. The zero-order valence-corrected chi connectivity index (χ0v) is 19.5. The minimum Gasteiger partial charge on any atom is -0.495 e. The molecule has 0 spiro atoms. The summed E-state index contributed by atoms with van der Waals surface area (Å²) in [6.07, 6.45) is -0.678. The summed E-state index contributed by atoms with van der Waals surface area (Å²) in [7, 11) is 1.45. The maximum absolute atomic E-state index is 13.2. The predicted octanol–water partition coefficient (Wildman–Crippen LogP) is 4.04. The van der Waals surface area contributed by atoms with Gasteiger partial charge in [0.1, 0.15) is 11.4 Å². The van der Waals surface area contributed by atoms with Gasteiger partial charge >= 0.3 is 6.09 Å². The van der Waals surface area contributed by atoms with Gasteiger partial charge in [-0.1, -0.05) is 0 Å². The first-order valence-electron chi connectivity index (χ1n) is 10.7. The van der Waals surface area contributed by atoms with E-state index in [4.69, 9.17) is 14.2 Å². The molecule has 34 heavy (non-hydrogen) atoms. The van der Waals surface area contributed by atoms with Gasteiger partial charge in [0.25, 0.3) is 11.6 Å². The number of benzene rings is 2. The number of non-ortho nitro benzene ring substituents is 1. The van der Waals surface area contributed by atoms with Crippen molar-refractivity contribution in [2.75, 3.05) is 48.9 Å². The minimum atomic E-state index is -0.693. The van der Waals surface area contributed by atoms with Gasteiger partial charge < -0.3 is 24.4 Å². The normalized spacial score (nSPS) is 13.7. The quantitative estimate of drug-likeness (QED) is 0.476. The smallest absolute Gasteiger partial charge is 0.412 e. The van der Waals surface area contributed by atoms with Crippen LogP contribution >= 0.6 is 0 Å². The van der Waals surface area contributed by atoms with Crippen molar-refractivity contribution < 1.29 is 28.7 Å². The van der Waals surface area contributed by atoms with Crippen LogP contribution < -0.4 is 20.3 Å². The van der Waals surface area contributed by atoms with Crippen LogP contribution in [0.4, 0.5) is 27.5 Å². The van der Waals surface area contributed by atoms with Gasteiger partial charge in [0.2, 0.25) is 0 Å². The Morgan fingerprint density at radius 3 is 2.41 bits per heavy atom. The van der Waals surface area contributed by atoms with E-state index < -0.39 is 22.5 Å². The lowest BCUT2D eigenvalue weighted by atomic mass is 10.1. The molecule has 0 aliphatic carbocycles. The van der Waals surface area contributed by atoms with Crippen molar-refractivity contribution in [3.63, 3.8) is 0 Å². The van der Waals surface area contributed by atoms with Crippen molar-refractivity contribution >= 4 is 34.7 Å². The maximum Gasteiger partial charge on any atom is 0.412 e. The molecule has 0 aromatic heterocycles. The Kier molecular flexibility index (Phi) is 7.57. The molecule has 2 aromatic carbocycles. The topological polar surface area (TPSA) is 132 Å². The van der Waals surface area contributed by atoms with Crippen LogP contribution in [0.1, 0.15) is 31.1 Å². The largest absolute Gasteiger partial charge is 0.495 e. The molecule has 1 heterocycles. The van der Waals surface area contributed by atoms with Gasteiger partial charge in [-0.2, -0.15) is 0 Å². The molecular formula is C23H28N4O7. The number of hydrogen-bond acceptors (Lipinski definition) is 8. The summed E-state index contributed by atoms with van der Waals surface area (Å²) in [6.45, 7) is 7.34. The van der Waals surface area contributed by atoms with E-state index in [-0.39, 0.29) is 11.3 Å². The van der Waals surface area contributed by atoms with Crippen molar-refractivity contribution in [2.24, 2.45) is 0 Å². The highest BCUT2D eigenvalue weighted by Gasteiger charge is 2.23. The molecule has 2 aromatic rings. The molecule has 1 aliphatic heterocycles. The second-order valence-corrected chi connectivity index (χ2v) is 8.55. The highest BCUT2D eigenvalue weighted by atomic mass is 16.6. The predicted molar refractivity (Wildman–Crippen MR) is 127 cm³/mol. The SMILES string of the molecule is COc1ccc(NC(=O)c2cc([N+](=O)[O-])ccc2N2CCOCC2)cc1NC(=O)OC(C)(C)C. The van der Waals surface area contributed by atoms with E-state index in [1.54, 1.807) is 39.0 Å². The molecule has 1 fully saturated rings. The molecule has 0 saturated carbocycles. The zero-order valence-electron chi connectivity index (χ0n) is 19.5. The molecule has 2 N–H and O–H groups in total. The molecule has 1 aliphatic rings. The van der Waals surface area contributed by atoms with E-state index in [1.807, 2.05) is 4.90 Å². The molecule has 11 nitrogen and oxygen atoms in total. The van der Waals surface area contributed by atoms with E-state index in [2.05, 4.69) is 10.6 Å². The van der Waals surface area contributed by atoms with Gasteiger partial charge in [0, 0.05) is 30.9 Å². The number of carbonyl (C=O) groups is 2. The molecule has 3 rings (SSSR count). The van der Waals surface area contributed by atoms with Crippen LogP contribution in [0.25, 0.3) is 0 Å². The van der Waals surface area contributed by atoms with Crippen LogP contribution in [-0.4, -0.2) is 55.9 Å². The summed E-state index contributed by atoms with van der Waals surface area (Å²) < 4.78 is 15.9. The second-order valence-electron chi connectivity index (χ2n) is 8.55. The van der Waals surface area contributed by atoms with Crippen molar-refractivity contribution in [3.05, 3.63) is 52.1 Å². The fourth-order valence-corrected chi connectivity index (χ4v) is 3.39. The molecule has 182 valence electrons. The molecule has 0 atom stereocenters.